The van der Waals surface area contributed by atoms with Crippen LogP contribution in [0.2, 0.25) is 0 Å². The predicted octanol–water partition coefficient (Wildman–Crippen LogP) is 2.70. The minimum atomic E-state index is 0.197. The summed E-state index contributed by atoms with van der Waals surface area (Å²) in [7, 11) is 3.78. The minimum Gasteiger partial charge on any atom is -0.496 e. The number of methoxy groups -OCH3 is 1. The van der Waals surface area contributed by atoms with Gasteiger partial charge in [-0.15, -0.1) is 0 Å². The normalized spacial score (nSPS) is 18.8. The van der Waals surface area contributed by atoms with Crippen LogP contribution < -0.4 is 15.8 Å². The molecule has 3 N–H and O–H groups in total. The molecular weight excluding hydrogens is 236 g/mol. The molecule has 1 atom stereocenters. The van der Waals surface area contributed by atoms with Gasteiger partial charge in [0.05, 0.1) is 7.11 Å². The summed E-state index contributed by atoms with van der Waals surface area (Å²) in [5.41, 5.74) is 10.00. The summed E-state index contributed by atoms with van der Waals surface area (Å²) in [4.78, 5) is 0. The van der Waals surface area contributed by atoms with Gasteiger partial charge in [-0.3, -0.25) is 0 Å². The third-order valence-electron chi connectivity index (χ3n) is 4.62. The molecule has 2 rings (SSSR count). The minimum absolute atomic E-state index is 0.197. The lowest BCUT2D eigenvalue weighted by Crippen LogP contribution is -2.47. The van der Waals surface area contributed by atoms with E-state index in [0.717, 1.165) is 12.3 Å². The number of nitrogens with one attached hydrogen (secondary N) is 1. The molecule has 1 aliphatic rings. The van der Waals surface area contributed by atoms with E-state index >= 15 is 0 Å². The van der Waals surface area contributed by atoms with Crippen molar-refractivity contribution in [3.05, 3.63) is 28.8 Å². The van der Waals surface area contributed by atoms with Crippen molar-refractivity contribution in [1.82, 2.24) is 5.32 Å². The first-order valence-electron chi connectivity index (χ1n) is 7.10. The molecular formula is C16H26N2O. The summed E-state index contributed by atoms with van der Waals surface area (Å²) in [5.74, 6) is 1.00. The van der Waals surface area contributed by atoms with Gasteiger partial charge in [-0.2, -0.15) is 0 Å². The molecule has 0 aromatic heterocycles. The molecule has 1 aromatic rings. The average molecular weight is 262 g/mol. The Morgan fingerprint density at radius 2 is 2.05 bits per heavy atom. The van der Waals surface area contributed by atoms with Gasteiger partial charge in [0.25, 0.3) is 0 Å². The van der Waals surface area contributed by atoms with E-state index in [-0.39, 0.29) is 11.5 Å². The zero-order valence-corrected chi connectivity index (χ0v) is 12.5. The number of hydrogen-bond acceptors (Lipinski definition) is 3. The Kier molecular flexibility index (Phi) is 4.16. The summed E-state index contributed by atoms with van der Waals surface area (Å²) in [6, 6.07) is 4.69. The van der Waals surface area contributed by atoms with Gasteiger partial charge in [0.2, 0.25) is 0 Å². The van der Waals surface area contributed by atoms with Crippen LogP contribution in [-0.2, 0) is 0 Å². The van der Waals surface area contributed by atoms with Gasteiger partial charge >= 0.3 is 0 Å². The molecule has 3 heteroatoms. The lowest BCUT2D eigenvalue weighted by Gasteiger charge is -2.47. The SMILES string of the molecule is CNC(c1cc(C)cc(C)c1OC)C1(CN)CCC1. The van der Waals surface area contributed by atoms with Crippen LogP contribution in [0.25, 0.3) is 0 Å². The molecule has 1 aliphatic carbocycles. The fourth-order valence-electron chi connectivity index (χ4n) is 3.51. The lowest BCUT2D eigenvalue weighted by atomic mass is 9.62. The van der Waals surface area contributed by atoms with Gasteiger partial charge in [0, 0.05) is 17.0 Å². The molecule has 0 heterocycles. The van der Waals surface area contributed by atoms with Crippen molar-refractivity contribution in [3.63, 3.8) is 0 Å². The van der Waals surface area contributed by atoms with Crippen LogP contribution in [0.5, 0.6) is 5.75 Å². The highest BCUT2D eigenvalue weighted by Crippen LogP contribution is 2.51. The van der Waals surface area contributed by atoms with Crippen LogP contribution in [0.4, 0.5) is 0 Å². The monoisotopic (exact) mass is 262 g/mol. The Hall–Kier alpha value is -1.06. The van der Waals surface area contributed by atoms with Crippen molar-refractivity contribution in [2.75, 3.05) is 20.7 Å². The van der Waals surface area contributed by atoms with E-state index in [4.69, 9.17) is 10.5 Å². The van der Waals surface area contributed by atoms with Gasteiger partial charge in [-0.05, 0) is 45.8 Å². The van der Waals surface area contributed by atoms with Crippen LogP contribution in [0.3, 0.4) is 0 Å². The summed E-state index contributed by atoms with van der Waals surface area (Å²) in [6.07, 6.45) is 3.68. The molecule has 0 bridgehead atoms. The van der Waals surface area contributed by atoms with Gasteiger partial charge in [-0.25, -0.2) is 0 Å². The van der Waals surface area contributed by atoms with E-state index < -0.39 is 0 Å². The summed E-state index contributed by atoms with van der Waals surface area (Å²) >= 11 is 0. The third-order valence-corrected chi connectivity index (χ3v) is 4.62. The van der Waals surface area contributed by atoms with Crippen molar-refractivity contribution in [1.29, 1.82) is 0 Å². The quantitative estimate of drug-likeness (QED) is 0.857. The molecule has 3 nitrogen and oxygen atoms in total. The fraction of sp³-hybridized carbons (Fsp3) is 0.625. The number of hydrogen-bond donors (Lipinski definition) is 2. The summed E-state index contributed by atoms with van der Waals surface area (Å²) in [5, 5.41) is 3.48. The third kappa shape index (κ3) is 2.37. The van der Waals surface area contributed by atoms with Crippen LogP contribution >= 0.6 is 0 Å². The highest BCUT2D eigenvalue weighted by molar-refractivity contribution is 5.46. The van der Waals surface area contributed by atoms with Crippen LogP contribution in [0.15, 0.2) is 12.1 Å². The van der Waals surface area contributed by atoms with E-state index in [2.05, 4.69) is 31.3 Å². The second kappa shape index (κ2) is 5.51. The number of nitrogens with two attached hydrogens (primary N) is 1. The number of aryl methyl sites for hydroxylation is 2. The first-order valence-corrected chi connectivity index (χ1v) is 7.10. The van der Waals surface area contributed by atoms with Crippen molar-refractivity contribution in [2.45, 2.75) is 39.2 Å². The van der Waals surface area contributed by atoms with Crippen molar-refractivity contribution in [2.24, 2.45) is 11.1 Å². The van der Waals surface area contributed by atoms with E-state index in [0.29, 0.717) is 0 Å². The first-order chi connectivity index (χ1) is 9.07. The average Bonchev–Trinajstić information content (AvgIpc) is 2.32. The van der Waals surface area contributed by atoms with Gasteiger partial charge in [-0.1, -0.05) is 24.1 Å². The molecule has 1 fully saturated rings. The van der Waals surface area contributed by atoms with Crippen LogP contribution in [0.1, 0.15) is 42.0 Å². The lowest BCUT2D eigenvalue weighted by molar-refractivity contribution is 0.0864. The van der Waals surface area contributed by atoms with E-state index in [1.54, 1.807) is 7.11 Å². The van der Waals surface area contributed by atoms with E-state index in [9.17, 15) is 0 Å². The van der Waals surface area contributed by atoms with Crippen LogP contribution in [-0.4, -0.2) is 20.7 Å². The van der Waals surface area contributed by atoms with Crippen molar-refractivity contribution >= 4 is 0 Å². The maximum absolute atomic E-state index is 6.07. The molecule has 19 heavy (non-hydrogen) atoms. The largest absolute Gasteiger partial charge is 0.496 e. The molecule has 0 amide bonds. The predicted molar refractivity (Wildman–Crippen MR) is 79.6 cm³/mol. The molecule has 0 aliphatic heterocycles. The molecule has 0 saturated heterocycles. The topological polar surface area (TPSA) is 47.3 Å². The molecule has 106 valence electrons. The maximum atomic E-state index is 6.07. The van der Waals surface area contributed by atoms with Gasteiger partial charge in [0.15, 0.2) is 0 Å². The number of ether oxygens (including phenoxy) is 1. The Labute approximate surface area is 116 Å². The molecule has 0 spiro atoms. The molecule has 0 radical (unpaired) electrons. The maximum Gasteiger partial charge on any atom is 0.126 e. The summed E-state index contributed by atoms with van der Waals surface area (Å²) < 4.78 is 5.64. The van der Waals surface area contributed by atoms with Crippen molar-refractivity contribution in [3.8, 4) is 5.75 Å². The zero-order chi connectivity index (χ0) is 14.0. The standard InChI is InChI=1S/C16H26N2O/c1-11-8-12(2)14(19-4)13(9-11)15(18-3)16(10-17)6-5-7-16/h8-9,15,18H,5-7,10,17H2,1-4H3. The van der Waals surface area contributed by atoms with E-state index in [1.165, 1.54) is 36.0 Å². The fourth-order valence-corrected chi connectivity index (χ4v) is 3.51. The number of rotatable bonds is 5. The van der Waals surface area contributed by atoms with E-state index in [1.807, 2.05) is 7.05 Å². The van der Waals surface area contributed by atoms with Gasteiger partial charge < -0.3 is 15.8 Å². The highest BCUT2D eigenvalue weighted by atomic mass is 16.5. The molecule has 1 unspecified atom stereocenters. The second-order valence-electron chi connectivity index (χ2n) is 5.85. The Morgan fingerprint density at radius 3 is 2.47 bits per heavy atom. The zero-order valence-electron chi connectivity index (χ0n) is 12.5. The van der Waals surface area contributed by atoms with Crippen LogP contribution in [0, 0.1) is 19.3 Å². The summed E-state index contributed by atoms with van der Waals surface area (Å²) in [6.45, 7) is 4.98. The molecule has 1 saturated carbocycles. The highest BCUT2D eigenvalue weighted by Gasteiger charge is 2.44. The second-order valence-corrected chi connectivity index (χ2v) is 5.85. The smallest absolute Gasteiger partial charge is 0.126 e. The van der Waals surface area contributed by atoms with Gasteiger partial charge in [0.1, 0.15) is 5.75 Å². The molecule has 1 aromatic carbocycles. The Morgan fingerprint density at radius 1 is 1.37 bits per heavy atom. The van der Waals surface area contributed by atoms with Crippen molar-refractivity contribution < 1.29 is 4.74 Å². The number of benzene rings is 1. The first kappa shape index (κ1) is 14.4. The Bertz CT molecular complexity index is 447. The Balaban J connectivity index is 2.48.